The number of nitrogens with one attached hydrogen (secondary N) is 2. The van der Waals surface area contributed by atoms with Crippen LogP contribution in [0.5, 0.6) is 0 Å². The lowest BCUT2D eigenvalue weighted by Gasteiger charge is -2.39. The summed E-state index contributed by atoms with van der Waals surface area (Å²) < 4.78 is 6.03. The van der Waals surface area contributed by atoms with Crippen molar-refractivity contribution in [3.05, 3.63) is 41.6 Å². The summed E-state index contributed by atoms with van der Waals surface area (Å²) >= 11 is 0. The second-order valence-corrected chi connectivity index (χ2v) is 10.1. The highest BCUT2D eigenvalue weighted by Crippen LogP contribution is 2.41. The molecule has 5 atom stereocenters. The number of carbonyl (C=O) groups is 3. The van der Waals surface area contributed by atoms with Gasteiger partial charge in [-0.1, -0.05) is 18.2 Å². The van der Waals surface area contributed by atoms with E-state index in [2.05, 4.69) is 39.6 Å². The van der Waals surface area contributed by atoms with Gasteiger partial charge in [0.25, 0.3) is 5.91 Å². The minimum absolute atomic E-state index is 0.0211. The van der Waals surface area contributed by atoms with Gasteiger partial charge in [-0.3, -0.25) is 19.3 Å². The Labute approximate surface area is 196 Å². The molecule has 4 aliphatic heterocycles. The zero-order chi connectivity index (χ0) is 23.1. The van der Waals surface area contributed by atoms with E-state index in [1.807, 2.05) is 18.0 Å². The van der Waals surface area contributed by atoms with Crippen molar-refractivity contribution < 1.29 is 19.1 Å². The number of piperazine rings is 1. The van der Waals surface area contributed by atoms with Crippen LogP contribution in [-0.4, -0.2) is 88.6 Å². The largest absolute Gasteiger partial charge is 0.361 e. The normalized spacial score (nSPS) is 32.5. The number of nitrogens with zero attached hydrogens (tertiary/aromatic N) is 3. The molecule has 1 aromatic carbocycles. The molecule has 34 heavy (non-hydrogen) atoms. The number of hydrogen-bond acceptors (Lipinski definition) is 5. The van der Waals surface area contributed by atoms with E-state index in [1.165, 1.54) is 21.4 Å². The standard InChI is InChI=1S/C25H27N5O4/c1-28-11-14(8-16-15-4-2-5-17-21(15)13(10-26-17)9-19(16)28)22(32)27-23-24(33)30-12-20(31)29-7-3-6-18(29)25(30)34-23/h2,4-5,8,10,14,18-19,23,25-26H,3,6-7,9,11-12H2,1H3,(H,27,32)/t14-,18+,19-,23-,25?/m1/s1. The predicted molar refractivity (Wildman–Crippen MR) is 123 cm³/mol. The SMILES string of the molecule is CN1C[C@H](C(=O)N[C@@H]2OC3[C@@H]4CCCN4C(=O)CN3C2=O)C=C2c3cccc4[nH]cc(c34)C[C@H]21. The molecule has 7 rings (SSSR count). The zero-order valence-electron chi connectivity index (χ0n) is 19.0. The maximum atomic E-state index is 13.3. The van der Waals surface area contributed by atoms with Crippen LogP contribution >= 0.6 is 0 Å². The van der Waals surface area contributed by atoms with E-state index < -0.39 is 18.4 Å². The van der Waals surface area contributed by atoms with Gasteiger partial charge >= 0.3 is 0 Å². The van der Waals surface area contributed by atoms with E-state index >= 15 is 0 Å². The van der Waals surface area contributed by atoms with Gasteiger partial charge in [-0.05, 0) is 49.1 Å². The first-order valence-electron chi connectivity index (χ1n) is 12.1. The van der Waals surface area contributed by atoms with Gasteiger partial charge in [0.2, 0.25) is 18.0 Å². The van der Waals surface area contributed by atoms with Gasteiger partial charge in [0.15, 0.2) is 6.23 Å². The highest BCUT2D eigenvalue weighted by Gasteiger charge is 2.53. The van der Waals surface area contributed by atoms with Crippen LogP contribution < -0.4 is 5.32 Å². The Morgan fingerprint density at radius 3 is 3.00 bits per heavy atom. The summed E-state index contributed by atoms with van der Waals surface area (Å²) in [6, 6.07) is 6.34. The molecule has 1 aliphatic carbocycles. The van der Waals surface area contributed by atoms with Crippen molar-refractivity contribution in [3.8, 4) is 0 Å². The van der Waals surface area contributed by atoms with Crippen LogP contribution in [0.15, 0.2) is 30.5 Å². The van der Waals surface area contributed by atoms with Crippen LogP contribution in [0.4, 0.5) is 0 Å². The maximum absolute atomic E-state index is 13.3. The second-order valence-electron chi connectivity index (χ2n) is 10.1. The number of amides is 3. The molecular formula is C25H27N5O4. The van der Waals surface area contributed by atoms with E-state index in [0.29, 0.717) is 13.1 Å². The number of rotatable bonds is 2. The third-order valence-corrected chi connectivity index (χ3v) is 8.22. The average Bonchev–Trinajstić information content (AvgIpc) is 3.55. The van der Waals surface area contributed by atoms with Crippen LogP contribution in [0, 0.1) is 5.92 Å². The molecule has 3 amide bonds. The monoisotopic (exact) mass is 461 g/mol. The summed E-state index contributed by atoms with van der Waals surface area (Å²) in [6.45, 7) is 1.30. The molecule has 2 N–H and O–H groups in total. The zero-order valence-corrected chi connectivity index (χ0v) is 19.0. The molecule has 0 saturated carbocycles. The van der Waals surface area contributed by atoms with Gasteiger partial charge in [0.1, 0.15) is 6.54 Å². The second kappa shape index (κ2) is 7.16. The Morgan fingerprint density at radius 2 is 2.12 bits per heavy atom. The first kappa shape index (κ1) is 20.2. The van der Waals surface area contributed by atoms with E-state index in [-0.39, 0.29) is 36.3 Å². The smallest absolute Gasteiger partial charge is 0.275 e. The van der Waals surface area contributed by atoms with Crippen molar-refractivity contribution in [1.82, 2.24) is 25.0 Å². The number of aromatic amines is 1. The van der Waals surface area contributed by atoms with E-state index in [0.717, 1.165) is 30.4 Å². The lowest BCUT2D eigenvalue weighted by atomic mass is 9.80. The predicted octanol–water partition coefficient (Wildman–Crippen LogP) is 0.669. The molecule has 5 heterocycles. The van der Waals surface area contributed by atoms with E-state index in [9.17, 15) is 14.4 Å². The summed E-state index contributed by atoms with van der Waals surface area (Å²) in [5, 5.41) is 4.08. The summed E-state index contributed by atoms with van der Waals surface area (Å²) in [5.74, 6) is -0.987. The summed E-state index contributed by atoms with van der Waals surface area (Å²) in [7, 11) is 2.05. The number of aromatic nitrogens is 1. The molecule has 0 spiro atoms. The fraction of sp³-hybridized carbons (Fsp3) is 0.480. The van der Waals surface area contributed by atoms with Crippen molar-refractivity contribution in [2.45, 2.75) is 43.8 Å². The molecule has 0 bridgehead atoms. The van der Waals surface area contributed by atoms with E-state index in [4.69, 9.17) is 4.74 Å². The Balaban J connectivity index is 1.14. The van der Waals surface area contributed by atoms with Crippen LogP contribution in [0.25, 0.3) is 16.5 Å². The fourth-order valence-electron chi connectivity index (χ4n) is 6.60. The molecule has 3 fully saturated rings. The molecule has 1 unspecified atom stereocenters. The fourth-order valence-corrected chi connectivity index (χ4v) is 6.60. The van der Waals surface area contributed by atoms with Gasteiger partial charge in [0.05, 0.1) is 12.0 Å². The molecule has 2 aromatic rings. The van der Waals surface area contributed by atoms with Crippen molar-refractivity contribution in [3.63, 3.8) is 0 Å². The number of H-pyrrole nitrogens is 1. The minimum atomic E-state index is -1.04. The summed E-state index contributed by atoms with van der Waals surface area (Å²) in [4.78, 5) is 47.7. The summed E-state index contributed by atoms with van der Waals surface area (Å²) in [6.07, 6.45) is 5.27. The third kappa shape index (κ3) is 2.77. The number of ether oxygens (including phenoxy) is 1. The molecule has 9 nitrogen and oxygen atoms in total. The van der Waals surface area contributed by atoms with Gasteiger partial charge in [0, 0.05) is 36.2 Å². The Bertz CT molecular complexity index is 1270. The van der Waals surface area contributed by atoms with Crippen molar-refractivity contribution in [2.75, 3.05) is 26.7 Å². The lowest BCUT2D eigenvalue weighted by Crippen LogP contribution is -2.58. The first-order valence-corrected chi connectivity index (χ1v) is 12.1. The highest BCUT2D eigenvalue weighted by atomic mass is 16.6. The molecule has 176 valence electrons. The Morgan fingerprint density at radius 1 is 1.24 bits per heavy atom. The number of likely N-dealkylation sites (N-methyl/N-ethyl adjacent to an activating group) is 1. The van der Waals surface area contributed by atoms with Gasteiger partial charge in [-0.25, -0.2) is 0 Å². The number of carbonyl (C=O) groups excluding carboxylic acids is 3. The first-order chi connectivity index (χ1) is 16.5. The highest BCUT2D eigenvalue weighted by molar-refractivity contribution is 6.00. The Kier molecular flexibility index (Phi) is 4.26. The number of benzene rings is 1. The Hall–Kier alpha value is -3.17. The van der Waals surface area contributed by atoms with Gasteiger partial charge in [-0.15, -0.1) is 0 Å². The van der Waals surface area contributed by atoms with Crippen LogP contribution in [-0.2, 0) is 25.5 Å². The molecule has 3 saturated heterocycles. The maximum Gasteiger partial charge on any atom is 0.275 e. The molecule has 9 heteroatoms. The van der Waals surface area contributed by atoms with Crippen LogP contribution in [0.2, 0.25) is 0 Å². The van der Waals surface area contributed by atoms with E-state index in [1.54, 1.807) is 0 Å². The average molecular weight is 462 g/mol. The van der Waals surface area contributed by atoms with Crippen LogP contribution in [0.3, 0.4) is 0 Å². The number of fused-ring (bicyclic) bond motifs is 5. The summed E-state index contributed by atoms with van der Waals surface area (Å²) in [5.41, 5.74) is 4.74. The number of hydrogen-bond donors (Lipinski definition) is 2. The lowest BCUT2D eigenvalue weighted by molar-refractivity contribution is -0.153. The quantitative estimate of drug-likeness (QED) is 0.685. The van der Waals surface area contributed by atoms with Gasteiger partial charge < -0.3 is 24.8 Å². The van der Waals surface area contributed by atoms with Crippen molar-refractivity contribution in [2.24, 2.45) is 5.92 Å². The molecule has 1 aromatic heterocycles. The molecule has 5 aliphatic rings. The van der Waals surface area contributed by atoms with Gasteiger partial charge in [-0.2, -0.15) is 0 Å². The van der Waals surface area contributed by atoms with Crippen LogP contribution in [0.1, 0.15) is 24.0 Å². The molecular weight excluding hydrogens is 434 g/mol. The van der Waals surface area contributed by atoms with Crippen molar-refractivity contribution >= 4 is 34.2 Å². The topological polar surface area (TPSA) is 98.0 Å². The van der Waals surface area contributed by atoms with Crippen molar-refractivity contribution in [1.29, 1.82) is 0 Å². The molecule has 0 radical (unpaired) electrons. The third-order valence-electron chi connectivity index (χ3n) is 8.22. The minimum Gasteiger partial charge on any atom is -0.361 e.